The summed E-state index contributed by atoms with van der Waals surface area (Å²) in [4.78, 5) is 28.4. The van der Waals surface area contributed by atoms with Gasteiger partial charge >= 0.3 is 0 Å². The van der Waals surface area contributed by atoms with Crippen LogP contribution in [-0.2, 0) is 27.1 Å². The largest absolute Gasteiger partial charge is 0.429 e. The number of fused-ring (bicyclic) bond motifs is 6. The molecular formula is C52H42N4O4S. The lowest BCUT2D eigenvalue weighted by Gasteiger charge is -2.28. The first kappa shape index (κ1) is 38.3. The van der Waals surface area contributed by atoms with Crippen LogP contribution in [0.3, 0.4) is 0 Å². The van der Waals surface area contributed by atoms with Gasteiger partial charge in [-0.15, -0.1) is 11.3 Å². The number of benzene rings is 4. The van der Waals surface area contributed by atoms with E-state index in [9.17, 15) is 10.1 Å². The molecular weight excluding hydrogens is 777 g/mol. The van der Waals surface area contributed by atoms with E-state index in [1.165, 1.54) is 44.5 Å². The van der Waals surface area contributed by atoms with Crippen molar-refractivity contribution in [3.63, 3.8) is 0 Å². The maximum Gasteiger partial charge on any atom is 0.298 e. The van der Waals surface area contributed by atoms with Crippen molar-refractivity contribution >= 4 is 34.2 Å². The Labute approximate surface area is 358 Å². The lowest BCUT2D eigenvalue weighted by atomic mass is 9.82. The molecule has 9 heteroatoms. The molecule has 0 saturated heterocycles. The monoisotopic (exact) mass is 818 g/mol. The number of rotatable bonds is 10. The van der Waals surface area contributed by atoms with Crippen LogP contribution in [0.4, 0.5) is 16.4 Å². The van der Waals surface area contributed by atoms with E-state index in [0.29, 0.717) is 40.6 Å². The SMILES string of the molecule is [CH2-][n+]1c(-c2cc(OC=O)ccn2)cc(COO)cc1-c1cc(-c2ccc(N(c3ccc4c(c3)C(C)(C)c3ccccc3-4)c3ccc4c(c3)C(C)(C)c3ccccc3-4)s2)ccn1. The Balaban J connectivity index is 1.08. The van der Waals surface area contributed by atoms with E-state index in [4.69, 9.17) is 9.72 Å². The van der Waals surface area contributed by atoms with Gasteiger partial charge in [-0.25, -0.2) is 4.89 Å². The van der Waals surface area contributed by atoms with E-state index in [1.807, 2.05) is 24.3 Å². The number of anilines is 3. The number of nitrogens with zero attached hydrogens (tertiary/aromatic N) is 4. The van der Waals surface area contributed by atoms with Crippen LogP contribution >= 0.6 is 11.3 Å². The number of ether oxygens (including phenoxy) is 1. The summed E-state index contributed by atoms with van der Waals surface area (Å²) in [6.45, 7) is 9.61. The third-order valence-corrected chi connectivity index (χ3v) is 13.5. The Morgan fingerprint density at radius 2 is 1.23 bits per heavy atom. The van der Waals surface area contributed by atoms with Crippen LogP contribution in [0.2, 0.25) is 0 Å². The van der Waals surface area contributed by atoms with Crippen molar-refractivity contribution in [1.29, 1.82) is 0 Å². The zero-order valence-corrected chi connectivity index (χ0v) is 35.0. The predicted molar refractivity (Wildman–Crippen MR) is 241 cm³/mol. The number of aromatic nitrogens is 3. The van der Waals surface area contributed by atoms with Crippen molar-refractivity contribution < 1.29 is 24.2 Å². The molecule has 0 spiro atoms. The van der Waals surface area contributed by atoms with E-state index >= 15 is 0 Å². The van der Waals surface area contributed by atoms with Crippen LogP contribution in [0.1, 0.15) is 55.5 Å². The number of carbonyl (C=O) groups excluding carboxylic acids is 1. The lowest BCUT2D eigenvalue weighted by Crippen LogP contribution is -2.32. The van der Waals surface area contributed by atoms with Crippen LogP contribution in [0.15, 0.2) is 146 Å². The molecule has 0 atom stereocenters. The van der Waals surface area contributed by atoms with Gasteiger partial charge in [-0.3, -0.25) is 20.0 Å². The summed E-state index contributed by atoms with van der Waals surface area (Å²) in [6, 6.07) is 46.8. The van der Waals surface area contributed by atoms with Crippen molar-refractivity contribution in [2.24, 2.45) is 0 Å². The minimum absolute atomic E-state index is 0.0624. The second-order valence-corrected chi connectivity index (χ2v) is 17.7. The second kappa shape index (κ2) is 14.7. The summed E-state index contributed by atoms with van der Waals surface area (Å²) in [7, 11) is 4.36. The van der Waals surface area contributed by atoms with Crippen LogP contribution < -0.4 is 14.2 Å². The molecule has 4 heterocycles. The van der Waals surface area contributed by atoms with Crippen LogP contribution in [0, 0.1) is 7.05 Å². The van der Waals surface area contributed by atoms with Gasteiger partial charge in [0.2, 0.25) is 0 Å². The van der Waals surface area contributed by atoms with Gasteiger partial charge in [0, 0.05) is 52.6 Å². The van der Waals surface area contributed by atoms with E-state index in [1.54, 1.807) is 40.4 Å². The molecule has 0 radical (unpaired) electrons. The van der Waals surface area contributed by atoms with Crippen molar-refractivity contribution in [1.82, 2.24) is 9.97 Å². The zero-order valence-electron chi connectivity index (χ0n) is 34.2. The molecule has 0 aliphatic heterocycles. The Bertz CT molecular complexity index is 2940. The summed E-state index contributed by atoms with van der Waals surface area (Å²) < 4.78 is 6.83. The number of pyridine rings is 3. The summed E-state index contributed by atoms with van der Waals surface area (Å²) in [6.07, 6.45) is 3.36. The lowest BCUT2D eigenvalue weighted by molar-refractivity contribution is -0.589. The fraction of sp³-hybridized carbons (Fsp3) is 0.135. The first-order chi connectivity index (χ1) is 29.6. The molecule has 0 saturated carbocycles. The van der Waals surface area contributed by atoms with Crippen molar-refractivity contribution in [2.75, 3.05) is 4.90 Å². The van der Waals surface area contributed by atoms with Gasteiger partial charge in [-0.1, -0.05) is 88.4 Å². The molecule has 2 aliphatic rings. The average Bonchev–Trinajstić information content (AvgIpc) is 3.92. The molecule has 0 amide bonds. The normalized spacial score (nSPS) is 13.9. The molecule has 8 nitrogen and oxygen atoms in total. The fourth-order valence-corrected chi connectivity index (χ4v) is 10.4. The summed E-state index contributed by atoms with van der Waals surface area (Å²) in [5, 5.41) is 10.5. The Morgan fingerprint density at radius 3 is 1.82 bits per heavy atom. The topological polar surface area (TPSA) is 88.7 Å². The van der Waals surface area contributed by atoms with Gasteiger partial charge in [0.25, 0.3) is 6.47 Å². The molecule has 0 unspecified atom stereocenters. The zero-order chi connectivity index (χ0) is 42.0. The van der Waals surface area contributed by atoms with Gasteiger partial charge in [0.15, 0.2) is 0 Å². The third-order valence-electron chi connectivity index (χ3n) is 12.4. The molecule has 4 aromatic carbocycles. The predicted octanol–water partition coefficient (Wildman–Crippen LogP) is 12.1. The number of carbonyl (C=O) groups is 1. The minimum Gasteiger partial charge on any atom is -0.429 e. The van der Waals surface area contributed by atoms with Crippen LogP contribution in [0.5, 0.6) is 5.75 Å². The van der Waals surface area contributed by atoms with Gasteiger partial charge in [0.05, 0.1) is 11.4 Å². The highest BCUT2D eigenvalue weighted by atomic mass is 32.1. The third kappa shape index (κ3) is 6.32. The van der Waals surface area contributed by atoms with Crippen molar-refractivity contribution in [3.8, 4) is 61.2 Å². The van der Waals surface area contributed by atoms with Crippen molar-refractivity contribution in [2.45, 2.75) is 45.1 Å². The quantitative estimate of drug-likeness (QED) is 0.0483. The van der Waals surface area contributed by atoms with E-state index in [-0.39, 0.29) is 17.4 Å². The van der Waals surface area contributed by atoms with Gasteiger partial charge in [-0.05, 0) is 122 Å². The Hall–Kier alpha value is -6.91. The summed E-state index contributed by atoms with van der Waals surface area (Å²) in [5.41, 5.74) is 16.5. The van der Waals surface area contributed by atoms with Gasteiger partial charge in [0.1, 0.15) is 28.7 Å². The summed E-state index contributed by atoms with van der Waals surface area (Å²) >= 11 is 1.72. The molecule has 10 rings (SSSR count). The van der Waals surface area contributed by atoms with E-state index in [2.05, 4.69) is 147 Å². The highest BCUT2D eigenvalue weighted by molar-refractivity contribution is 7.19. The molecule has 2 aliphatic carbocycles. The molecule has 0 fully saturated rings. The maximum absolute atomic E-state index is 11.1. The van der Waals surface area contributed by atoms with Gasteiger partial charge in [-0.2, -0.15) is 0 Å². The van der Waals surface area contributed by atoms with Crippen molar-refractivity contribution in [3.05, 3.63) is 181 Å². The first-order valence-electron chi connectivity index (χ1n) is 20.2. The molecule has 300 valence electrons. The molecule has 1 N–H and O–H groups in total. The van der Waals surface area contributed by atoms with Gasteiger partial charge < -0.3 is 14.2 Å². The Morgan fingerprint density at radius 1 is 0.672 bits per heavy atom. The molecule has 4 aromatic heterocycles. The standard InChI is InChI=1S/C52H42N4O4S/c1-51(2)41-12-8-6-10-37(41)39-16-14-34(27-43(39)51)56(35-15-17-40-38-11-7-9-13-42(38)52(3,4)44(40)28-35)50-19-18-49(61-50)33-20-22-53-45(26-33)47-24-32(30-60-58)25-48(55(47)5)46-29-36(59-31-57)21-23-54-46/h6-29,31,58H,5,30H2,1-4H3. The molecule has 0 bridgehead atoms. The fourth-order valence-electron chi connectivity index (χ4n) is 9.33. The van der Waals surface area contributed by atoms with Crippen LogP contribution in [0.25, 0.3) is 55.5 Å². The van der Waals surface area contributed by atoms with Crippen LogP contribution in [-0.4, -0.2) is 21.7 Å². The summed E-state index contributed by atoms with van der Waals surface area (Å²) in [5.74, 6) is 0.343. The maximum atomic E-state index is 11.1. The average molecular weight is 819 g/mol. The van der Waals surface area contributed by atoms with E-state index < -0.39 is 0 Å². The number of hydrogen-bond acceptors (Lipinski definition) is 8. The number of hydrogen-bond donors (Lipinski definition) is 1. The van der Waals surface area contributed by atoms with E-state index in [0.717, 1.165) is 26.8 Å². The second-order valence-electron chi connectivity index (χ2n) is 16.6. The smallest absolute Gasteiger partial charge is 0.298 e. The highest BCUT2D eigenvalue weighted by Crippen LogP contribution is 2.54. The first-order valence-corrected chi connectivity index (χ1v) is 21.0. The Kier molecular flexibility index (Phi) is 9.21. The number of thiophene rings is 1. The molecule has 61 heavy (non-hydrogen) atoms. The highest BCUT2D eigenvalue weighted by Gasteiger charge is 2.38. The minimum atomic E-state index is -0.156. The molecule has 8 aromatic rings.